The van der Waals surface area contributed by atoms with Gasteiger partial charge in [0.1, 0.15) is 11.6 Å². The van der Waals surface area contributed by atoms with Gasteiger partial charge in [0.05, 0.1) is 0 Å². The lowest BCUT2D eigenvalue weighted by atomic mass is 9.96. The van der Waals surface area contributed by atoms with Crippen LogP contribution in [0.25, 0.3) is 0 Å². The number of nitrogens with one attached hydrogen (secondary N) is 1. The van der Waals surface area contributed by atoms with Crippen LogP contribution in [0.2, 0.25) is 0 Å². The number of rotatable bonds is 4. The highest BCUT2D eigenvalue weighted by molar-refractivity contribution is 5.32. The van der Waals surface area contributed by atoms with Crippen LogP contribution in [-0.2, 0) is 6.42 Å². The molecule has 0 saturated carbocycles. The van der Waals surface area contributed by atoms with E-state index in [0.29, 0.717) is 12.0 Å². The van der Waals surface area contributed by atoms with Gasteiger partial charge in [-0.25, -0.2) is 8.78 Å². The van der Waals surface area contributed by atoms with Crippen molar-refractivity contribution in [3.05, 3.63) is 70.3 Å². The Hall–Kier alpha value is -1.74. The van der Waals surface area contributed by atoms with E-state index in [1.54, 1.807) is 0 Å². The van der Waals surface area contributed by atoms with Crippen LogP contribution in [0.1, 0.15) is 28.3 Å². The minimum Gasteiger partial charge on any atom is -0.313 e. The van der Waals surface area contributed by atoms with E-state index in [2.05, 4.69) is 23.5 Å². The van der Waals surface area contributed by atoms with Crippen LogP contribution in [0.4, 0.5) is 8.78 Å². The molecule has 0 amide bonds. The normalized spacial score (nSPS) is 12.4. The fourth-order valence-electron chi connectivity index (χ4n) is 2.50. The topological polar surface area (TPSA) is 12.0 Å². The molecule has 0 aromatic heterocycles. The van der Waals surface area contributed by atoms with Crippen LogP contribution in [0.3, 0.4) is 0 Å². The van der Waals surface area contributed by atoms with Gasteiger partial charge in [-0.2, -0.15) is 0 Å². The summed E-state index contributed by atoms with van der Waals surface area (Å²) in [5.41, 5.74) is 4.00. The van der Waals surface area contributed by atoms with Crippen molar-refractivity contribution in [1.29, 1.82) is 0 Å². The summed E-state index contributed by atoms with van der Waals surface area (Å²) in [4.78, 5) is 0. The van der Waals surface area contributed by atoms with Crippen LogP contribution < -0.4 is 5.32 Å². The van der Waals surface area contributed by atoms with Gasteiger partial charge in [0.15, 0.2) is 0 Å². The molecular weight excluding hydrogens is 256 g/mol. The van der Waals surface area contributed by atoms with Crippen molar-refractivity contribution < 1.29 is 8.78 Å². The molecule has 106 valence electrons. The van der Waals surface area contributed by atoms with E-state index < -0.39 is 11.6 Å². The summed E-state index contributed by atoms with van der Waals surface area (Å²) in [6.07, 6.45) is 0.492. The van der Waals surface area contributed by atoms with E-state index in [1.807, 2.05) is 20.9 Å². The molecule has 3 heteroatoms. The summed E-state index contributed by atoms with van der Waals surface area (Å²) in [5.74, 6) is -1.03. The van der Waals surface area contributed by atoms with Gasteiger partial charge < -0.3 is 5.32 Å². The van der Waals surface area contributed by atoms with Gasteiger partial charge in [-0.3, -0.25) is 0 Å². The van der Waals surface area contributed by atoms with Crippen LogP contribution in [-0.4, -0.2) is 7.05 Å². The third kappa shape index (κ3) is 3.42. The maximum absolute atomic E-state index is 13.8. The lowest BCUT2D eigenvalue weighted by molar-refractivity contribution is 0.540. The zero-order chi connectivity index (χ0) is 14.7. The highest BCUT2D eigenvalue weighted by Crippen LogP contribution is 2.22. The number of likely N-dealkylation sites (N-methyl/N-ethyl adjacent to an activating group) is 1. The Morgan fingerprint density at radius 2 is 1.65 bits per heavy atom. The van der Waals surface area contributed by atoms with E-state index in [-0.39, 0.29) is 6.04 Å². The molecule has 1 N–H and O–H groups in total. The Labute approximate surface area is 118 Å². The first-order chi connectivity index (χ1) is 9.49. The van der Waals surface area contributed by atoms with Crippen molar-refractivity contribution in [2.45, 2.75) is 26.3 Å². The Bertz CT molecular complexity index is 588. The number of benzene rings is 2. The third-order valence-electron chi connectivity index (χ3n) is 3.43. The molecule has 0 aliphatic heterocycles. The predicted octanol–water partition coefficient (Wildman–Crippen LogP) is 4.08. The van der Waals surface area contributed by atoms with Crippen molar-refractivity contribution >= 4 is 0 Å². The standard InChI is InChI=1S/C17H19F2N/c1-11-6-12(2)8-14(7-11)17(20-3)9-13-4-5-15(18)10-16(13)19/h4-8,10,17,20H,9H2,1-3H3. The molecule has 0 aliphatic carbocycles. The molecule has 0 radical (unpaired) electrons. The van der Waals surface area contributed by atoms with E-state index in [9.17, 15) is 8.78 Å². The van der Waals surface area contributed by atoms with E-state index in [1.165, 1.54) is 23.3 Å². The van der Waals surface area contributed by atoms with Gasteiger partial charge in [0.2, 0.25) is 0 Å². The van der Waals surface area contributed by atoms with Gasteiger partial charge >= 0.3 is 0 Å². The Morgan fingerprint density at radius 3 is 2.20 bits per heavy atom. The second-order valence-corrected chi connectivity index (χ2v) is 5.20. The number of halogens is 2. The molecule has 0 fully saturated rings. The van der Waals surface area contributed by atoms with Crippen molar-refractivity contribution in [3.8, 4) is 0 Å². The first kappa shape index (κ1) is 14.7. The van der Waals surface area contributed by atoms with E-state index in [0.717, 1.165) is 11.6 Å². The summed E-state index contributed by atoms with van der Waals surface area (Å²) >= 11 is 0. The summed E-state index contributed by atoms with van der Waals surface area (Å²) < 4.78 is 26.7. The fraction of sp³-hybridized carbons (Fsp3) is 0.294. The van der Waals surface area contributed by atoms with E-state index >= 15 is 0 Å². The maximum atomic E-state index is 13.8. The molecule has 1 atom stereocenters. The quantitative estimate of drug-likeness (QED) is 0.886. The second-order valence-electron chi connectivity index (χ2n) is 5.20. The lowest BCUT2D eigenvalue weighted by Crippen LogP contribution is -2.19. The number of hydrogen-bond donors (Lipinski definition) is 1. The molecule has 0 heterocycles. The Morgan fingerprint density at radius 1 is 1.00 bits per heavy atom. The molecule has 0 aliphatic rings. The summed E-state index contributed by atoms with van der Waals surface area (Å²) in [5, 5.41) is 3.20. The van der Waals surface area contributed by atoms with E-state index in [4.69, 9.17) is 0 Å². The van der Waals surface area contributed by atoms with Crippen LogP contribution in [0, 0.1) is 25.5 Å². The summed E-state index contributed by atoms with van der Waals surface area (Å²) in [7, 11) is 1.85. The first-order valence-electron chi connectivity index (χ1n) is 6.69. The molecule has 0 spiro atoms. The summed E-state index contributed by atoms with van der Waals surface area (Å²) in [6.45, 7) is 4.09. The first-order valence-corrected chi connectivity index (χ1v) is 6.69. The van der Waals surface area contributed by atoms with Gasteiger partial charge in [-0.1, -0.05) is 35.4 Å². The average molecular weight is 275 g/mol. The lowest BCUT2D eigenvalue weighted by Gasteiger charge is -2.18. The minimum atomic E-state index is -0.543. The molecule has 2 aromatic rings. The number of aryl methyl sites for hydroxylation is 2. The molecule has 20 heavy (non-hydrogen) atoms. The van der Waals surface area contributed by atoms with Crippen LogP contribution in [0.5, 0.6) is 0 Å². The largest absolute Gasteiger partial charge is 0.313 e. The Balaban J connectivity index is 2.28. The van der Waals surface area contributed by atoms with Crippen molar-refractivity contribution in [2.24, 2.45) is 0 Å². The van der Waals surface area contributed by atoms with Gasteiger partial charge in [-0.15, -0.1) is 0 Å². The molecule has 1 nitrogen and oxygen atoms in total. The van der Waals surface area contributed by atoms with Crippen molar-refractivity contribution in [1.82, 2.24) is 5.32 Å². The minimum absolute atomic E-state index is 0.00793. The van der Waals surface area contributed by atoms with Crippen molar-refractivity contribution in [3.63, 3.8) is 0 Å². The van der Waals surface area contributed by atoms with Crippen molar-refractivity contribution in [2.75, 3.05) is 7.05 Å². The molecular formula is C17H19F2N. The summed E-state index contributed by atoms with van der Waals surface area (Å²) in [6, 6.07) is 10.0. The van der Waals surface area contributed by atoms with Gasteiger partial charge in [0.25, 0.3) is 0 Å². The number of hydrogen-bond acceptors (Lipinski definition) is 1. The highest BCUT2D eigenvalue weighted by atomic mass is 19.1. The van der Waals surface area contributed by atoms with Crippen LogP contribution >= 0.6 is 0 Å². The molecule has 2 rings (SSSR count). The smallest absolute Gasteiger partial charge is 0.129 e. The zero-order valence-electron chi connectivity index (χ0n) is 12.0. The average Bonchev–Trinajstić information content (AvgIpc) is 2.36. The molecule has 0 saturated heterocycles. The molecule has 2 aromatic carbocycles. The molecule has 1 unspecified atom stereocenters. The highest BCUT2D eigenvalue weighted by Gasteiger charge is 2.14. The fourth-order valence-corrected chi connectivity index (χ4v) is 2.50. The predicted molar refractivity (Wildman–Crippen MR) is 77.8 cm³/mol. The van der Waals surface area contributed by atoms with Gasteiger partial charge in [-0.05, 0) is 44.5 Å². The van der Waals surface area contributed by atoms with Crippen LogP contribution in [0.15, 0.2) is 36.4 Å². The SMILES string of the molecule is CNC(Cc1ccc(F)cc1F)c1cc(C)cc(C)c1. The Kier molecular flexibility index (Phi) is 4.50. The monoisotopic (exact) mass is 275 g/mol. The van der Waals surface area contributed by atoms with Gasteiger partial charge in [0, 0.05) is 12.1 Å². The molecule has 0 bridgehead atoms. The maximum Gasteiger partial charge on any atom is 0.129 e. The second kappa shape index (κ2) is 6.14. The third-order valence-corrected chi connectivity index (χ3v) is 3.43. The zero-order valence-corrected chi connectivity index (χ0v) is 12.0.